The van der Waals surface area contributed by atoms with Crippen molar-refractivity contribution >= 4 is 64.7 Å². The molecule has 0 bridgehead atoms. The number of rotatable bonds is 4. The standard InChI is InChI=1S/C37H26N2S/c1-38(33-16-8-5-13-28(33)25-11-3-2-4-12-25)26-19-21-36-31(23-26)32-24-27(20-22-37(32)40-36)39-34-17-9-6-14-29(34)30-15-7-10-18-35(30)39/h2-24H,1H3. The minimum Gasteiger partial charge on any atom is -0.344 e. The third-order valence-electron chi connectivity index (χ3n) is 8.01. The van der Waals surface area contributed by atoms with Gasteiger partial charge in [0.1, 0.15) is 0 Å². The summed E-state index contributed by atoms with van der Waals surface area (Å²) in [4.78, 5) is 2.31. The van der Waals surface area contributed by atoms with Crippen LogP contribution < -0.4 is 4.90 Å². The van der Waals surface area contributed by atoms with Crippen LogP contribution in [0.1, 0.15) is 0 Å². The summed E-state index contributed by atoms with van der Waals surface area (Å²) in [5, 5.41) is 5.17. The van der Waals surface area contributed by atoms with Crippen LogP contribution in [-0.2, 0) is 0 Å². The molecule has 0 spiro atoms. The van der Waals surface area contributed by atoms with E-state index in [0.717, 1.165) is 0 Å². The second-order valence-corrected chi connectivity index (χ2v) is 11.4. The number of nitrogens with zero attached hydrogens (tertiary/aromatic N) is 2. The van der Waals surface area contributed by atoms with Gasteiger partial charge in [0.25, 0.3) is 0 Å². The molecule has 0 aliphatic rings. The molecule has 40 heavy (non-hydrogen) atoms. The first-order valence-corrected chi connectivity index (χ1v) is 14.4. The molecule has 0 unspecified atom stereocenters. The number of hydrogen-bond acceptors (Lipinski definition) is 2. The molecule has 0 aliphatic heterocycles. The van der Waals surface area contributed by atoms with Crippen LogP contribution in [0.2, 0.25) is 0 Å². The first kappa shape index (κ1) is 23.1. The Balaban J connectivity index is 1.29. The molecule has 0 aliphatic carbocycles. The fourth-order valence-corrected chi connectivity index (χ4v) is 7.14. The average Bonchev–Trinajstić information content (AvgIpc) is 3.56. The zero-order valence-corrected chi connectivity index (χ0v) is 22.9. The zero-order valence-electron chi connectivity index (χ0n) is 22.1. The normalized spacial score (nSPS) is 11.6. The van der Waals surface area contributed by atoms with E-state index in [1.165, 1.54) is 70.2 Å². The molecule has 0 N–H and O–H groups in total. The maximum atomic E-state index is 2.40. The van der Waals surface area contributed by atoms with Crippen molar-refractivity contribution in [3.05, 3.63) is 140 Å². The predicted octanol–water partition coefficient (Wildman–Crippen LogP) is 10.6. The van der Waals surface area contributed by atoms with Gasteiger partial charge in [-0.25, -0.2) is 0 Å². The quantitative estimate of drug-likeness (QED) is 0.220. The van der Waals surface area contributed by atoms with Crippen molar-refractivity contribution in [1.29, 1.82) is 0 Å². The van der Waals surface area contributed by atoms with E-state index in [9.17, 15) is 0 Å². The van der Waals surface area contributed by atoms with Gasteiger partial charge in [-0.15, -0.1) is 11.3 Å². The summed E-state index contributed by atoms with van der Waals surface area (Å²) in [5.74, 6) is 0. The van der Waals surface area contributed by atoms with E-state index in [1.54, 1.807) is 0 Å². The number of benzene rings is 6. The Labute approximate surface area is 237 Å². The van der Waals surface area contributed by atoms with Crippen molar-refractivity contribution in [3.8, 4) is 16.8 Å². The molecule has 0 saturated heterocycles. The van der Waals surface area contributed by atoms with Crippen LogP contribution in [0.5, 0.6) is 0 Å². The van der Waals surface area contributed by atoms with E-state index in [1.807, 2.05) is 11.3 Å². The highest BCUT2D eigenvalue weighted by atomic mass is 32.1. The summed E-state index contributed by atoms with van der Waals surface area (Å²) in [6.07, 6.45) is 0. The van der Waals surface area contributed by atoms with Gasteiger partial charge in [0.05, 0.1) is 11.0 Å². The molecule has 190 valence electrons. The lowest BCUT2D eigenvalue weighted by Gasteiger charge is -2.23. The smallest absolute Gasteiger partial charge is 0.0541 e. The van der Waals surface area contributed by atoms with Crippen molar-refractivity contribution in [1.82, 2.24) is 4.57 Å². The Hall–Kier alpha value is -4.86. The first-order chi connectivity index (χ1) is 19.8. The maximum Gasteiger partial charge on any atom is 0.0541 e. The van der Waals surface area contributed by atoms with Gasteiger partial charge in [-0.05, 0) is 60.2 Å². The summed E-state index contributed by atoms with van der Waals surface area (Å²) in [7, 11) is 2.17. The number of fused-ring (bicyclic) bond motifs is 6. The zero-order chi connectivity index (χ0) is 26.6. The summed E-state index contributed by atoms with van der Waals surface area (Å²) in [6, 6.07) is 50.5. The van der Waals surface area contributed by atoms with Gasteiger partial charge in [-0.1, -0.05) is 84.9 Å². The van der Waals surface area contributed by atoms with Gasteiger partial charge in [0, 0.05) is 60.6 Å². The molecule has 0 amide bonds. The third kappa shape index (κ3) is 3.55. The lowest BCUT2D eigenvalue weighted by molar-refractivity contribution is 1.19. The Morgan fingerprint density at radius 3 is 1.88 bits per heavy atom. The molecule has 0 radical (unpaired) electrons. The van der Waals surface area contributed by atoms with Crippen LogP contribution >= 0.6 is 11.3 Å². The molecular formula is C37H26N2S. The Bertz CT molecular complexity index is 2130. The monoisotopic (exact) mass is 530 g/mol. The maximum absolute atomic E-state index is 2.40. The summed E-state index contributed by atoms with van der Waals surface area (Å²) in [6.45, 7) is 0. The highest BCUT2D eigenvalue weighted by Crippen LogP contribution is 2.41. The van der Waals surface area contributed by atoms with Gasteiger partial charge in [-0.3, -0.25) is 0 Å². The van der Waals surface area contributed by atoms with E-state index >= 15 is 0 Å². The first-order valence-electron chi connectivity index (χ1n) is 13.6. The van der Waals surface area contributed by atoms with E-state index in [-0.39, 0.29) is 0 Å². The third-order valence-corrected chi connectivity index (χ3v) is 9.16. The Morgan fingerprint density at radius 2 is 1.12 bits per heavy atom. The second kappa shape index (κ2) is 9.11. The van der Waals surface area contributed by atoms with E-state index < -0.39 is 0 Å². The molecule has 8 rings (SSSR count). The van der Waals surface area contributed by atoms with Gasteiger partial charge >= 0.3 is 0 Å². The number of para-hydroxylation sites is 3. The molecule has 8 aromatic rings. The number of aromatic nitrogens is 1. The number of anilines is 2. The minimum absolute atomic E-state index is 1.18. The van der Waals surface area contributed by atoms with Crippen molar-refractivity contribution in [2.75, 3.05) is 11.9 Å². The van der Waals surface area contributed by atoms with Crippen LogP contribution in [0.3, 0.4) is 0 Å². The summed E-state index contributed by atoms with van der Waals surface area (Å²) in [5.41, 5.74) is 8.49. The van der Waals surface area contributed by atoms with Gasteiger partial charge in [0.15, 0.2) is 0 Å². The van der Waals surface area contributed by atoms with Crippen molar-refractivity contribution < 1.29 is 0 Å². The minimum atomic E-state index is 1.18. The van der Waals surface area contributed by atoms with Crippen molar-refractivity contribution in [2.45, 2.75) is 0 Å². The van der Waals surface area contributed by atoms with Gasteiger partial charge < -0.3 is 9.47 Å². The van der Waals surface area contributed by atoms with Crippen molar-refractivity contribution in [2.24, 2.45) is 0 Å². The number of thiophene rings is 1. The SMILES string of the molecule is CN(c1ccc2sc3ccc(-n4c5ccccc5c5ccccc54)cc3c2c1)c1ccccc1-c1ccccc1. The molecule has 0 fully saturated rings. The van der Waals surface area contributed by atoms with E-state index in [0.29, 0.717) is 0 Å². The Morgan fingerprint density at radius 1 is 0.525 bits per heavy atom. The number of hydrogen-bond donors (Lipinski definition) is 0. The largest absolute Gasteiger partial charge is 0.344 e. The molecule has 0 saturated carbocycles. The van der Waals surface area contributed by atoms with Crippen LogP contribution in [0.4, 0.5) is 11.4 Å². The van der Waals surface area contributed by atoms with Crippen molar-refractivity contribution in [3.63, 3.8) is 0 Å². The molecule has 0 atom stereocenters. The fraction of sp³-hybridized carbons (Fsp3) is 0.0270. The highest BCUT2D eigenvalue weighted by Gasteiger charge is 2.15. The highest BCUT2D eigenvalue weighted by molar-refractivity contribution is 7.25. The topological polar surface area (TPSA) is 8.17 Å². The summed E-state index contributed by atoms with van der Waals surface area (Å²) >= 11 is 1.86. The lowest BCUT2D eigenvalue weighted by atomic mass is 10.0. The average molecular weight is 531 g/mol. The van der Waals surface area contributed by atoms with Gasteiger partial charge in [-0.2, -0.15) is 0 Å². The lowest BCUT2D eigenvalue weighted by Crippen LogP contribution is -2.10. The van der Waals surface area contributed by atoms with Gasteiger partial charge in [0.2, 0.25) is 0 Å². The van der Waals surface area contributed by atoms with Crippen LogP contribution in [0.15, 0.2) is 140 Å². The molecule has 3 heteroatoms. The molecule has 6 aromatic carbocycles. The van der Waals surface area contributed by atoms with Crippen LogP contribution in [0.25, 0.3) is 58.8 Å². The molecular weight excluding hydrogens is 504 g/mol. The van der Waals surface area contributed by atoms with Crippen LogP contribution in [-0.4, -0.2) is 11.6 Å². The molecule has 2 heterocycles. The molecule has 2 nitrogen and oxygen atoms in total. The van der Waals surface area contributed by atoms with E-state index in [2.05, 4.69) is 156 Å². The Kier molecular flexibility index (Phi) is 5.26. The molecule has 2 aromatic heterocycles. The summed E-state index contributed by atoms with van der Waals surface area (Å²) < 4.78 is 5.02. The van der Waals surface area contributed by atoms with E-state index in [4.69, 9.17) is 0 Å². The predicted molar refractivity (Wildman–Crippen MR) is 174 cm³/mol. The second-order valence-electron chi connectivity index (χ2n) is 10.3. The van der Waals surface area contributed by atoms with Crippen LogP contribution in [0, 0.1) is 0 Å². The fourth-order valence-electron chi connectivity index (χ4n) is 6.07.